The summed E-state index contributed by atoms with van der Waals surface area (Å²) >= 11 is 3.36. The molecular formula is C15H14BrF2N. The van der Waals surface area contributed by atoms with E-state index >= 15 is 0 Å². The van der Waals surface area contributed by atoms with E-state index in [0.29, 0.717) is 10.0 Å². The number of rotatable bonds is 3. The van der Waals surface area contributed by atoms with E-state index in [4.69, 9.17) is 0 Å². The van der Waals surface area contributed by atoms with E-state index in [1.807, 2.05) is 7.05 Å². The molecule has 0 fully saturated rings. The summed E-state index contributed by atoms with van der Waals surface area (Å²) in [4.78, 5) is 0. The lowest BCUT2D eigenvalue weighted by atomic mass is 9.97. The highest BCUT2D eigenvalue weighted by atomic mass is 79.9. The fourth-order valence-electron chi connectivity index (χ4n) is 2.08. The molecule has 1 nitrogen and oxygen atoms in total. The van der Waals surface area contributed by atoms with Crippen molar-refractivity contribution in [2.24, 2.45) is 0 Å². The van der Waals surface area contributed by atoms with Crippen molar-refractivity contribution in [3.63, 3.8) is 0 Å². The maximum absolute atomic E-state index is 13.3. The van der Waals surface area contributed by atoms with Gasteiger partial charge in [0.1, 0.15) is 11.6 Å². The Morgan fingerprint density at radius 3 is 2.42 bits per heavy atom. The summed E-state index contributed by atoms with van der Waals surface area (Å²) in [5.41, 5.74) is 2.44. The minimum absolute atomic E-state index is 0.116. The largest absolute Gasteiger partial charge is 0.309 e. The molecule has 0 saturated carbocycles. The van der Waals surface area contributed by atoms with Crippen LogP contribution in [0.25, 0.3) is 0 Å². The van der Waals surface area contributed by atoms with E-state index in [2.05, 4.69) is 21.2 Å². The van der Waals surface area contributed by atoms with Crippen molar-refractivity contribution in [1.29, 1.82) is 0 Å². The third kappa shape index (κ3) is 3.01. The van der Waals surface area contributed by atoms with Crippen LogP contribution < -0.4 is 5.32 Å². The summed E-state index contributed by atoms with van der Waals surface area (Å²) in [5, 5.41) is 3.17. The van der Waals surface area contributed by atoms with Crippen LogP contribution >= 0.6 is 15.9 Å². The van der Waals surface area contributed by atoms with Crippen LogP contribution in [0.15, 0.2) is 40.9 Å². The molecule has 19 heavy (non-hydrogen) atoms. The maximum atomic E-state index is 13.3. The number of benzene rings is 2. The fraction of sp³-hybridized carbons (Fsp3) is 0.200. The van der Waals surface area contributed by atoms with Crippen LogP contribution in [0.4, 0.5) is 8.78 Å². The van der Waals surface area contributed by atoms with Crippen LogP contribution in [0.2, 0.25) is 0 Å². The Bertz CT molecular complexity index is 599. The predicted molar refractivity (Wildman–Crippen MR) is 76.1 cm³/mol. The topological polar surface area (TPSA) is 12.0 Å². The van der Waals surface area contributed by atoms with E-state index in [1.165, 1.54) is 18.2 Å². The highest BCUT2D eigenvalue weighted by molar-refractivity contribution is 9.10. The van der Waals surface area contributed by atoms with Crippen molar-refractivity contribution in [3.05, 3.63) is 69.2 Å². The lowest BCUT2D eigenvalue weighted by Gasteiger charge is -2.19. The molecule has 0 aliphatic heterocycles. The first kappa shape index (κ1) is 14.2. The Morgan fingerprint density at radius 2 is 1.84 bits per heavy atom. The fourth-order valence-corrected chi connectivity index (χ4v) is 2.66. The molecule has 1 atom stereocenters. The van der Waals surface area contributed by atoms with E-state index in [9.17, 15) is 8.78 Å². The number of hydrogen-bond donors (Lipinski definition) is 1. The highest BCUT2D eigenvalue weighted by Crippen LogP contribution is 2.29. The first-order valence-electron chi connectivity index (χ1n) is 5.91. The Morgan fingerprint density at radius 1 is 1.11 bits per heavy atom. The molecule has 0 heterocycles. The molecular weight excluding hydrogens is 312 g/mol. The van der Waals surface area contributed by atoms with Crippen LogP contribution in [0.3, 0.4) is 0 Å². The van der Waals surface area contributed by atoms with Crippen molar-refractivity contribution in [2.45, 2.75) is 13.0 Å². The summed E-state index contributed by atoms with van der Waals surface area (Å²) in [6, 6.07) is 9.43. The Hall–Kier alpha value is -1.26. The minimum Gasteiger partial charge on any atom is -0.309 e. The molecule has 0 aromatic heterocycles. The minimum atomic E-state index is -0.291. The maximum Gasteiger partial charge on any atom is 0.126 e. The van der Waals surface area contributed by atoms with E-state index in [0.717, 1.165) is 11.1 Å². The SMILES string of the molecule is CNC(c1ccc(F)c(C)c1)c1ccc(F)cc1Br. The Balaban J connectivity index is 2.46. The van der Waals surface area contributed by atoms with E-state index in [-0.39, 0.29) is 17.7 Å². The zero-order valence-corrected chi connectivity index (χ0v) is 12.3. The average Bonchev–Trinajstić information content (AvgIpc) is 2.37. The molecule has 2 aromatic carbocycles. The van der Waals surface area contributed by atoms with Crippen molar-refractivity contribution in [2.75, 3.05) is 7.05 Å². The molecule has 0 aliphatic carbocycles. The molecule has 0 amide bonds. The summed E-state index contributed by atoms with van der Waals surface area (Å²) in [6.45, 7) is 1.73. The molecule has 0 aliphatic rings. The number of halogens is 3. The second-order valence-electron chi connectivity index (χ2n) is 4.40. The van der Waals surface area contributed by atoms with Gasteiger partial charge < -0.3 is 5.32 Å². The molecule has 1 unspecified atom stereocenters. The van der Waals surface area contributed by atoms with Gasteiger partial charge in [-0.05, 0) is 48.9 Å². The molecule has 0 saturated heterocycles. The summed E-state index contributed by atoms with van der Waals surface area (Å²) in [7, 11) is 1.82. The lowest BCUT2D eigenvalue weighted by Crippen LogP contribution is -2.18. The molecule has 0 radical (unpaired) electrons. The van der Waals surface area contributed by atoms with Gasteiger partial charge in [-0.25, -0.2) is 8.78 Å². The standard InChI is InChI=1S/C15H14BrF2N/c1-9-7-10(3-6-14(9)18)15(19-2)12-5-4-11(17)8-13(12)16/h3-8,15,19H,1-2H3. The summed E-state index contributed by atoms with van der Waals surface area (Å²) in [5.74, 6) is -0.516. The van der Waals surface area contributed by atoms with Crippen LogP contribution in [0, 0.1) is 18.6 Å². The molecule has 100 valence electrons. The predicted octanol–water partition coefficient (Wildman–Crippen LogP) is 4.34. The van der Waals surface area contributed by atoms with Gasteiger partial charge in [0, 0.05) is 4.47 Å². The van der Waals surface area contributed by atoms with E-state index in [1.54, 1.807) is 25.1 Å². The first-order chi connectivity index (χ1) is 9.02. The quantitative estimate of drug-likeness (QED) is 0.884. The molecule has 2 rings (SSSR count). The highest BCUT2D eigenvalue weighted by Gasteiger charge is 2.16. The number of nitrogens with one attached hydrogen (secondary N) is 1. The van der Waals surface area contributed by atoms with Gasteiger partial charge in [0.2, 0.25) is 0 Å². The molecule has 4 heteroatoms. The van der Waals surface area contributed by atoms with Crippen molar-refractivity contribution in [3.8, 4) is 0 Å². The number of aryl methyl sites for hydroxylation is 1. The lowest BCUT2D eigenvalue weighted by molar-refractivity contribution is 0.612. The van der Waals surface area contributed by atoms with Crippen LogP contribution in [-0.4, -0.2) is 7.05 Å². The molecule has 2 aromatic rings. The van der Waals surface area contributed by atoms with Crippen LogP contribution in [0.5, 0.6) is 0 Å². The van der Waals surface area contributed by atoms with Crippen LogP contribution in [0.1, 0.15) is 22.7 Å². The molecule has 0 spiro atoms. The Kier molecular flexibility index (Phi) is 4.32. The van der Waals surface area contributed by atoms with E-state index < -0.39 is 0 Å². The third-order valence-corrected chi connectivity index (χ3v) is 3.76. The van der Waals surface area contributed by atoms with Crippen LogP contribution in [-0.2, 0) is 0 Å². The first-order valence-corrected chi connectivity index (χ1v) is 6.70. The molecule has 0 bridgehead atoms. The monoisotopic (exact) mass is 325 g/mol. The third-order valence-electron chi connectivity index (χ3n) is 3.08. The second-order valence-corrected chi connectivity index (χ2v) is 5.25. The van der Waals surface area contributed by atoms with Gasteiger partial charge in [-0.15, -0.1) is 0 Å². The smallest absolute Gasteiger partial charge is 0.126 e. The average molecular weight is 326 g/mol. The van der Waals surface area contributed by atoms with Gasteiger partial charge in [-0.1, -0.05) is 34.1 Å². The van der Waals surface area contributed by atoms with Gasteiger partial charge in [-0.2, -0.15) is 0 Å². The van der Waals surface area contributed by atoms with Gasteiger partial charge in [0.05, 0.1) is 6.04 Å². The number of hydrogen-bond acceptors (Lipinski definition) is 1. The molecule has 1 N–H and O–H groups in total. The van der Waals surface area contributed by atoms with Gasteiger partial charge in [0.25, 0.3) is 0 Å². The summed E-state index contributed by atoms with van der Waals surface area (Å²) < 4.78 is 27.1. The van der Waals surface area contributed by atoms with Gasteiger partial charge in [-0.3, -0.25) is 0 Å². The second kappa shape index (κ2) is 5.80. The summed E-state index contributed by atoms with van der Waals surface area (Å²) in [6.07, 6.45) is 0. The van der Waals surface area contributed by atoms with Crippen molar-refractivity contribution >= 4 is 15.9 Å². The van der Waals surface area contributed by atoms with Gasteiger partial charge >= 0.3 is 0 Å². The van der Waals surface area contributed by atoms with Gasteiger partial charge in [0.15, 0.2) is 0 Å². The van der Waals surface area contributed by atoms with Crippen molar-refractivity contribution < 1.29 is 8.78 Å². The Labute approximate surface area is 119 Å². The van der Waals surface area contributed by atoms with Crippen molar-refractivity contribution in [1.82, 2.24) is 5.32 Å². The normalized spacial score (nSPS) is 12.5. The zero-order chi connectivity index (χ0) is 14.0. The zero-order valence-electron chi connectivity index (χ0n) is 10.7.